The van der Waals surface area contributed by atoms with Gasteiger partial charge in [-0.15, -0.1) is 0 Å². The van der Waals surface area contributed by atoms with E-state index < -0.39 is 12.1 Å². The van der Waals surface area contributed by atoms with Gasteiger partial charge in [-0.25, -0.2) is 0 Å². The van der Waals surface area contributed by atoms with Crippen LogP contribution in [0, 0.1) is 0 Å². The minimum absolute atomic E-state index is 0.797. The Morgan fingerprint density at radius 1 is 0.424 bits per heavy atom. The second-order valence-corrected chi connectivity index (χ2v) is 16.2. The van der Waals surface area contributed by atoms with E-state index in [0.29, 0.717) is 0 Å². The highest BCUT2D eigenvalue weighted by atomic mass is 32.4. The summed E-state index contributed by atoms with van der Waals surface area (Å²) in [5.41, 5.74) is 1.59. The molecule has 5 rings (SSSR count). The van der Waals surface area contributed by atoms with Crippen LogP contribution in [0.2, 0.25) is 0 Å². The minimum atomic E-state index is -2.51. The molecule has 1 aromatic heterocycles. The zero-order chi connectivity index (χ0) is 22.7. The van der Waals surface area contributed by atoms with Crippen molar-refractivity contribution in [1.82, 2.24) is 15.4 Å². The number of rotatable bonds is 6. The zero-order valence-electron chi connectivity index (χ0n) is 17.7. The lowest BCUT2D eigenvalue weighted by atomic mass is 10.4. The summed E-state index contributed by atoms with van der Waals surface area (Å²) in [5.74, 6) is 0. The van der Waals surface area contributed by atoms with Crippen molar-refractivity contribution in [3.63, 3.8) is 0 Å². The molecule has 4 aromatic carbocycles. The van der Waals surface area contributed by atoms with Gasteiger partial charge in [-0.2, -0.15) is 15.4 Å². The summed E-state index contributed by atoms with van der Waals surface area (Å²) in [7, 11) is 0. The van der Waals surface area contributed by atoms with Crippen molar-refractivity contribution in [1.29, 1.82) is 0 Å². The van der Waals surface area contributed by atoms with Gasteiger partial charge in [0.05, 0.1) is 12.1 Å². The smallest absolute Gasteiger partial charge is 0.132 e. The molecule has 0 bridgehead atoms. The van der Waals surface area contributed by atoms with Gasteiger partial charge in [-0.1, -0.05) is 145 Å². The van der Waals surface area contributed by atoms with Crippen molar-refractivity contribution in [3.8, 4) is 0 Å². The summed E-state index contributed by atoms with van der Waals surface area (Å²) in [6.45, 7) is 0. The average molecular weight is 502 g/mol. The summed E-state index contributed by atoms with van der Waals surface area (Å²) < 4.78 is 0. The summed E-state index contributed by atoms with van der Waals surface area (Å²) in [4.78, 5) is 0. The molecule has 0 atom stereocenters. The third-order valence-electron chi connectivity index (χ3n) is 5.59. The van der Waals surface area contributed by atoms with Crippen LogP contribution in [-0.4, -0.2) is 15.4 Å². The lowest BCUT2D eigenvalue weighted by Crippen LogP contribution is -2.38. The molecule has 0 saturated carbocycles. The molecule has 5 aromatic rings. The van der Waals surface area contributed by atoms with Crippen LogP contribution in [0.5, 0.6) is 0 Å². The fourth-order valence-corrected chi connectivity index (χ4v) is 12.5. The predicted octanol–water partition coefficient (Wildman–Crippen LogP) is 3.32. The first-order valence-electron chi connectivity index (χ1n) is 10.5. The Kier molecular flexibility index (Phi) is 6.23. The highest BCUT2D eigenvalue weighted by Crippen LogP contribution is 2.47. The van der Waals surface area contributed by atoms with E-state index in [9.17, 15) is 0 Å². The van der Waals surface area contributed by atoms with Gasteiger partial charge in [-0.05, 0) is 21.2 Å². The van der Waals surface area contributed by atoms with Crippen LogP contribution in [0.15, 0.2) is 121 Å². The predicted molar refractivity (Wildman–Crippen MR) is 149 cm³/mol. The molecule has 0 saturated heterocycles. The number of nitrogens with zero attached hydrogens (tertiary/aromatic N) is 2. The van der Waals surface area contributed by atoms with Gasteiger partial charge >= 0.3 is 0 Å². The van der Waals surface area contributed by atoms with E-state index in [-0.39, 0.29) is 0 Å². The SMILES string of the molecule is S=P(c1ccccc1)(c1ccccc1)c1n[nH]nc1P(=S)(c1ccccc1)c1ccccc1. The molecule has 0 unspecified atom stereocenters. The van der Waals surface area contributed by atoms with E-state index in [1.165, 1.54) is 0 Å². The number of benzene rings is 4. The number of aromatic nitrogens is 3. The molecule has 0 fully saturated rings. The summed E-state index contributed by atoms with van der Waals surface area (Å²) in [5, 5.41) is 16.7. The van der Waals surface area contributed by atoms with E-state index >= 15 is 0 Å². The molecule has 3 nitrogen and oxygen atoms in total. The summed E-state index contributed by atoms with van der Waals surface area (Å²) >= 11 is 13.1. The molecule has 33 heavy (non-hydrogen) atoms. The Hall–Kier alpha value is -2.68. The van der Waals surface area contributed by atoms with E-state index in [1.807, 2.05) is 72.8 Å². The number of hydrogen-bond acceptors (Lipinski definition) is 4. The standard InChI is InChI=1S/C26H21N3P2S2/c32-30(21-13-5-1-6-14-21,22-15-7-2-8-16-22)25-26(28-29-27-25)31(33,23-17-9-3-10-18-23)24-19-11-4-12-20-24/h1-20H,(H,27,28,29). The maximum atomic E-state index is 6.57. The average Bonchev–Trinajstić information content (AvgIpc) is 3.41. The van der Waals surface area contributed by atoms with Crippen LogP contribution >= 0.6 is 12.1 Å². The molecule has 162 valence electrons. The number of H-pyrrole nitrogens is 1. The Morgan fingerprint density at radius 3 is 0.909 bits per heavy atom. The first kappa shape index (κ1) is 22.1. The monoisotopic (exact) mass is 501 g/mol. The van der Waals surface area contributed by atoms with E-state index in [2.05, 4.69) is 53.7 Å². The quantitative estimate of drug-likeness (QED) is 0.363. The van der Waals surface area contributed by atoms with Crippen LogP contribution in [0.25, 0.3) is 0 Å². The van der Waals surface area contributed by atoms with Crippen molar-refractivity contribution < 1.29 is 0 Å². The van der Waals surface area contributed by atoms with Crippen LogP contribution in [0.3, 0.4) is 0 Å². The molecule has 1 heterocycles. The van der Waals surface area contributed by atoms with Crippen LogP contribution < -0.4 is 32.1 Å². The lowest BCUT2D eigenvalue weighted by molar-refractivity contribution is 0.954. The molecule has 0 spiro atoms. The van der Waals surface area contributed by atoms with Gasteiger partial charge in [0.2, 0.25) is 0 Å². The zero-order valence-corrected chi connectivity index (χ0v) is 21.1. The Balaban J connectivity index is 1.83. The van der Waals surface area contributed by atoms with E-state index in [1.54, 1.807) is 0 Å². The highest BCUT2D eigenvalue weighted by Gasteiger charge is 2.38. The fourth-order valence-electron chi connectivity index (χ4n) is 3.98. The minimum Gasteiger partial charge on any atom is -0.197 e. The van der Waals surface area contributed by atoms with Gasteiger partial charge in [0.1, 0.15) is 10.9 Å². The molecule has 0 aliphatic carbocycles. The molecule has 0 amide bonds. The second kappa shape index (κ2) is 9.29. The van der Waals surface area contributed by atoms with Crippen molar-refractivity contribution in [2.75, 3.05) is 0 Å². The molecule has 0 radical (unpaired) electrons. The van der Waals surface area contributed by atoms with E-state index in [4.69, 9.17) is 33.8 Å². The van der Waals surface area contributed by atoms with Crippen molar-refractivity contribution in [2.24, 2.45) is 0 Å². The van der Waals surface area contributed by atoms with Gasteiger partial charge < -0.3 is 0 Å². The molecular weight excluding hydrogens is 480 g/mol. The third-order valence-corrected chi connectivity index (χ3v) is 15.2. The molecule has 7 heteroatoms. The largest absolute Gasteiger partial charge is 0.197 e. The van der Waals surface area contributed by atoms with Crippen molar-refractivity contribution in [3.05, 3.63) is 121 Å². The van der Waals surface area contributed by atoms with Gasteiger partial charge in [0.15, 0.2) is 0 Å². The lowest BCUT2D eigenvalue weighted by Gasteiger charge is -2.27. The van der Waals surface area contributed by atoms with Gasteiger partial charge in [0, 0.05) is 0 Å². The van der Waals surface area contributed by atoms with Crippen molar-refractivity contribution in [2.45, 2.75) is 0 Å². The molecule has 1 N–H and O–H groups in total. The topological polar surface area (TPSA) is 41.6 Å². The maximum absolute atomic E-state index is 6.57. The molecule has 0 aliphatic heterocycles. The summed E-state index contributed by atoms with van der Waals surface area (Å²) in [6, 6.07) is 36.0. The molecule has 0 aliphatic rings. The first-order chi connectivity index (χ1) is 16.1. The fraction of sp³-hybridized carbons (Fsp3) is 0. The maximum Gasteiger partial charge on any atom is 0.132 e. The molecular formula is C26H21N3P2S2. The van der Waals surface area contributed by atoms with Crippen molar-refractivity contribution >= 4 is 67.8 Å². The van der Waals surface area contributed by atoms with Crippen LogP contribution in [-0.2, 0) is 23.6 Å². The number of hydrogen-bond donors (Lipinski definition) is 1. The Bertz CT molecular complexity index is 1260. The number of aromatic amines is 1. The summed E-state index contributed by atoms with van der Waals surface area (Å²) in [6.07, 6.45) is 0. The first-order valence-corrected chi connectivity index (χ1v) is 16.1. The Labute approximate surface area is 203 Å². The van der Waals surface area contributed by atoms with E-state index in [0.717, 1.165) is 32.1 Å². The number of nitrogens with one attached hydrogen (secondary N) is 1. The third kappa shape index (κ3) is 3.86. The van der Waals surface area contributed by atoms with Crippen LogP contribution in [0.1, 0.15) is 0 Å². The van der Waals surface area contributed by atoms with Gasteiger partial charge in [0.25, 0.3) is 0 Å². The second-order valence-electron chi connectivity index (χ2n) is 7.53. The van der Waals surface area contributed by atoms with Crippen LogP contribution in [0.4, 0.5) is 0 Å². The highest BCUT2D eigenvalue weighted by molar-refractivity contribution is 8.28. The van der Waals surface area contributed by atoms with Gasteiger partial charge in [-0.3, -0.25) is 0 Å². The normalized spacial score (nSPS) is 11.9. The Morgan fingerprint density at radius 2 is 0.667 bits per heavy atom.